The topological polar surface area (TPSA) is 77.5 Å². The van der Waals surface area contributed by atoms with Crippen molar-refractivity contribution in [2.24, 2.45) is 0 Å². The Morgan fingerprint density at radius 3 is 1.49 bits per heavy atom. The number of rotatable bonds is 7. The van der Waals surface area contributed by atoms with Gasteiger partial charge in [-0.3, -0.25) is 0 Å². The second kappa shape index (κ2) is 18.0. The molecule has 2 unspecified atom stereocenters. The van der Waals surface area contributed by atoms with Crippen LogP contribution in [0.15, 0.2) is 283 Å². The number of aromatic nitrogens is 2. The second-order valence-corrected chi connectivity index (χ2v) is 23.8. The molecule has 5 heterocycles. The average Bonchev–Trinajstić information content (AvgIpc) is 1.65. The number of nitriles is 1. The van der Waals surface area contributed by atoms with E-state index < -0.39 is 9.84 Å². The van der Waals surface area contributed by atoms with Crippen molar-refractivity contribution >= 4 is 100 Å². The predicted octanol–water partition coefficient (Wildman–Crippen LogP) is 15.4. The highest BCUT2D eigenvalue weighted by Gasteiger charge is 2.51. The van der Waals surface area contributed by atoms with E-state index in [2.05, 4.69) is 254 Å². The van der Waals surface area contributed by atoms with Crippen molar-refractivity contribution in [3.8, 4) is 28.7 Å². The van der Waals surface area contributed by atoms with Crippen molar-refractivity contribution in [3.05, 3.63) is 295 Å². The number of para-hydroxylation sites is 8. The van der Waals surface area contributed by atoms with Crippen molar-refractivity contribution < 1.29 is 8.42 Å². The SMILES string of the molecule is N#Cc1ccc(S(=O)(=O)c2ccc(-n3c4c(c5ccccc53)-c3c(c5ccccc5n3-c3cc5c6c(c3)N(c3ccccc3)c3ccccc3B6c3ccccc3N5c3ccccc3)C3C4c4ccccc4N3c3ccccc3)cc2)cc1. The quantitative estimate of drug-likeness (QED) is 0.148. The van der Waals surface area contributed by atoms with Crippen LogP contribution in [0.2, 0.25) is 0 Å². The minimum atomic E-state index is -3.92. The largest absolute Gasteiger partial charge is 0.333 e. The van der Waals surface area contributed by atoms with Crippen LogP contribution in [0.5, 0.6) is 0 Å². The second-order valence-electron chi connectivity index (χ2n) is 21.8. The Hall–Kier alpha value is -10.6. The maximum atomic E-state index is 14.3. The molecular formula is C73H47BN6O2S. The van der Waals surface area contributed by atoms with Crippen LogP contribution in [0.4, 0.5) is 45.5 Å². The first-order valence-electron chi connectivity index (χ1n) is 28.1. The van der Waals surface area contributed by atoms with Gasteiger partial charge in [0, 0.05) is 78.8 Å². The summed E-state index contributed by atoms with van der Waals surface area (Å²) in [5, 5.41) is 11.8. The molecule has 0 bridgehead atoms. The van der Waals surface area contributed by atoms with E-state index in [9.17, 15) is 13.7 Å². The molecule has 11 aromatic carbocycles. The molecule has 3 aliphatic heterocycles. The molecule has 17 rings (SSSR count). The summed E-state index contributed by atoms with van der Waals surface area (Å²) < 4.78 is 33.6. The van der Waals surface area contributed by atoms with Crippen LogP contribution in [0.1, 0.15) is 34.3 Å². The van der Waals surface area contributed by atoms with Gasteiger partial charge < -0.3 is 23.8 Å². The molecule has 8 nitrogen and oxygen atoms in total. The third-order valence-corrected chi connectivity index (χ3v) is 19.5. The Balaban J connectivity index is 0.995. The zero-order valence-corrected chi connectivity index (χ0v) is 45.4. The van der Waals surface area contributed by atoms with Gasteiger partial charge in [0.05, 0.1) is 55.8 Å². The molecule has 390 valence electrons. The summed E-state index contributed by atoms with van der Waals surface area (Å²) in [5.41, 5.74) is 22.9. The van der Waals surface area contributed by atoms with Crippen molar-refractivity contribution in [1.29, 1.82) is 5.26 Å². The summed E-state index contributed by atoms with van der Waals surface area (Å²) in [6.07, 6.45) is 0. The first-order chi connectivity index (χ1) is 41.0. The van der Waals surface area contributed by atoms with Crippen LogP contribution < -0.4 is 31.1 Å². The van der Waals surface area contributed by atoms with Crippen LogP contribution in [0, 0.1) is 11.3 Å². The molecule has 0 saturated carbocycles. The maximum Gasteiger partial charge on any atom is 0.252 e. The standard InChI is InChI=1S/C73H47BN6O2S/c75-46-47-36-40-53(41-37-47)83(81,82)54-42-38-51(39-43-54)79-61-32-16-11-27-56(61)68-72(79)67-55-26-10-15-31-60(55)78(50-24-8-3-9-25-50)71(67)69-57-28-12-17-33-62(57)80(73(68)69)52-44-65-70-66(45-52)77(49-22-6-2-7-23-49)64-35-19-14-30-59(64)74(70)58-29-13-18-34-63(58)76(65)48-20-4-1-5-21-48/h1-45,67,71H. The Kier molecular flexibility index (Phi) is 10.2. The number of fused-ring (bicyclic) bond motifs is 16. The monoisotopic (exact) mass is 1080 g/mol. The molecule has 10 heteroatoms. The minimum absolute atomic E-state index is 0.0519. The van der Waals surface area contributed by atoms with Gasteiger partial charge in [-0.2, -0.15) is 5.26 Å². The lowest BCUT2D eigenvalue weighted by Crippen LogP contribution is -2.61. The molecule has 0 amide bonds. The average molecular weight is 1080 g/mol. The highest BCUT2D eigenvalue weighted by Crippen LogP contribution is 2.64. The van der Waals surface area contributed by atoms with Crippen molar-refractivity contribution in [3.63, 3.8) is 0 Å². The zero-order chi connectivity index (χ0) is 55.1. The molecule has 13 aromatic rings. The lowest BCUT2D eigenvalue weighted by Gasteiger charge is -2.44. The Labute approximate surface area is 480 Å². The number of hydrogen-bond donors (Lipinski definition) is 0. The molecule has 0 N–H and O–H groups in total. The normalized spacial score (nSPS) is 15.2. The summed E-state index contributed by atoms with van der Waals surface area (Å²) >= 11 is 0. The van der Waals surface area contributed by atoms with Gasteiger partial charge in [0.25, 0.3) is 6.71 Å². The zero-order valence-electron chi connectivity index (χ0n) is 44.6. The Morgan fingerprint density at radius 2 is 0.904 bits per heavy atom. The molecular weight excluding hydrogens is 1040 g/mol. The van der Waals surface area contributed by atoms with Gasteiger partial charge in [-0.15, -0.1) is 0 Å². The van der Waals surface area contributed by atoms with Crippen LogP contribution >= 0.6 is 0 Å². The van der Waals surface area contributed by atoms with Gasteiger partial charge in [-0.1, -0.05) is 146 Å². The summed E-state index contributed by atoms with van der Waals surface area (Å²) in [4.78, 5) is 7.84. The first kappa shape index (κ1) is 47.2. The minimum Gasteiger partial charge on any atom is -0.333 e. The fourth-order valence-electron chi connectivity index (χ4n) is 14.4. The van der Waals surface area contributed by atoms with E-state index in [0.29, 0.717) is 5.56 Å². The van der Waals surface area contributed by atoms with Gasteiger partial charge in [-0.25, -0.2) is 8.42 Å². The van der Waals surface area contributed by atoms with Crippen LogP contribution in [-0.2, 0) is 9.84 Å². The van der Waals surface area contributed by atoms with E-state index in [0.717, 1.165) is 90.2 Å². The first-order valence-corrected chi connectivity index (χ1v) is 29.6. The van der Waals surface area contributed by atoms with E-state index in [4.69, 9.17) is 0 Å². The van der Waals surface area contributed by atoms with Gasteiger partial charge >= 0.3 is 0 Å². The molecule has 2 atom stereocenters. The summed E-state index contributed by atoms with van der Waals surface area (Å²) in [7, 11) is -3.92. The van der Waals surface area contributed by atoms with Crippen LogP contribution in [-0.4, -0.2) is 24.3 Å². The van der Waals surface area contributed by atoms with Crippen molar-refractivity contribution in [2.45, 2.75) is 21.8 Å². The van der Waals surface area contributed by atoms with E-state index in [1.165, 1.54) is 45.0 Å². The number of nitrogens with zero attached hydrogens (tertiary/aromatic N) is 6. The van der Waals surface area contributed by atoms with E-state index in [1.807, 2.05) is 12.1 Å². The third kappa shape index (κ3) is 6.71. The van der Waals surface area contributed by atoms with E-state index >= 15 is 0 Å². The third-order valence-electron chi connectivity index (χ3n) is 17.7. The van der Waals surface area contributed by atoms with Gasteiger partial charge in [0.2, 0.25) is 9.84 Å². The lowest BCUT2D eigenvalue weighted by molar-refractivity contribution is 0.596. The summed E-state index contributed by atoms with van der Waals surface area (Å²) in [6, 6.07) is 97.2. The summed E-state index contributed by atoms with van der Waals surface area (Å²) in [5.74, 6) is -0.178. The van der Waals surface area contributed by atoms with Gasteiger partial charge in [-0.05, 0) is 149 Å². The molecule has 0 saturated heterocycles. The molecule has 0 spiro atoms. The highest BCUT2D eigenvalue weighted by atomic mass is 32.2. The van der Waals surface area contributed by atoms with Crippen molar-refractivity contribution in [1.82, 2.24) is 9.13 Å². The smallest absolute Gasteiger partial charge is 0.252 e. The molecule has 0 radical (unpaired) electrons. The summed E-state index contributed by atoms with van der Waals surface area (Å²) in [6.45, 7) is -0.0519. The highest BCUT2D eigenvalue weighted by molar-refractivity contribution is 7.91. The maximum absolute atomic E-state index is 14.3. The van der Waals surface area contributed by atoms with Crippen LogP contribution in [0.25, 0.3) is 44.4 Å². The fraction of sp³-hybridized carbons (Fsp3) is 0.0274. The molecule has 83 heavy (non-hydrogen) atoms. The number of hydrogen-bond acceptors (Lipinski definition) is 6. The number of anilines is 8. The number of benzene rings is 11. The lowest BCUT2D eigenvalue weighted by atomic mass is 9.33. The number of sulfone groups is 1. The Bertz CT molecular complexity index is 4870. The molecule has 1 aliphatic carbocycles. The van der Waals surface area contributed by atoms with Crippen LogP contribution in [0.3, 0.4) is 0 Å². The van der Waals surface area contributed by atoms with E-state index in [1.54, 1.807) is 24.3 Å². The van der Waals surface area contributed by atoms with Crippen molar-refractivity contribution in [2.75, 3.05) is 14.7 Å². The van der Waals surface area contributed by atoms with Gasteiger partial charge in [0.1, 0.15) is 0 Å². The predicted molar refractivity (Wildman–Crippen MR) is 336 cm³/mol. The van der Waals surface area contributed by atoms with Gasteiger partial charge in [0.15, 0.2) is 0 Å². The molecule has 4 aliphatic rings. The molecule has 0 fully saturated rings. The van der Waals surface area contributed by atoms with E-state index in [-0.39, 0.29) is 28.5 Å². The molecule has 2 aromatic heterocycles. The Morgan fingerprint density at radius 1 is 0.422 bits per heavy atom. The fourth-order valence-corrected chi connectivity index (χ4v) is 15.7.